The van der Waals surface area contributed by atoms with E-state index in [1.165, 1.54) is 37.0 Å². The summed E-state index contributed by atoms with van der Waals surface area (Å²) >= 11 is 1.96. The standard InChI is InChI=1S/C16H22OS/c1-14(17)10-13-16(11-6-3-7-12-16)18-15-8-4-2-5-9-15/h2,4-5,8-10,13-14,17H,3,6-7,11-12H2,1H3/b13-10+/t14-/m0/s1. The summed E-state index contributed by atoms with van der Waals surface area (Å²) in [7, 11) is 0. The van der Waals surface area contributed by atoms with Crippen LogP contribution in [0.25, 0.3) is 0 Å². The molecule has 0 heterocycles. The van der Waals surface area contributed by atoms with Gasteiger partial charge >= 0.3 is 0 Å². The molecule has 0 aromatic heterocycles. The Morgan fingerprint density at radius 3 is 2.44 bits per heavy atom. The van der Waals surface area contributed by atoms with Gasteiger partial charge in [0.2, 0.25) is 0 Å². The van der Waals surface area contributed by atoms with Gasteiger partial charge in [-0.25, -0.2) is 0 Å². The molecule has 1 aromatic rings. The summed E-state index contributed by atoms with van der Waals surface area (Å²) in [4.78, 5) is 1.33. The van der Waals surface area contributed by atoms with Crippen LogP contribution in [0.4, 0.5) is 0 Å². The first-order valence-corrected chi connectivity index (χ1v) is 7.63. The van der Waals surface area contributed by atoms with E-state index in [0.717, 1.165) is 0 Å². The van der Waals surface area contributed by atoms with Gasteiger partial charge in [0.1, 0.15) is 0 Å². The minimum absolute atomic E-state index is 0.191. The van der Waals surface area contributed by atoms with Gasteiger partial charge in [0.25, 0.3) is 0 Å². The maximum absolute atomic E-state index is 9.47. The zero-order valence-electron chi connectivity index (χ0n) is 11.0. The molecule has 2 rings (SSSR count). The van der Waals surface area contributed by atoms with Crippen LogP contribution >= 0.6 is 11.8 Å². The SMILES string of the molecule is C[C@H](O)/C=C/C1(Sc2ccccc2)CCCCC1. The lowest BCUT2D eigenvalue weighted by molar-refractivity contribution is 0.243. The number of thioether (sulfide) groups is 1. The van der Waals surface area contributed by atoms with E-state index < -0.39 is 0 Å². The predicted octanol–water partition coefficient (Wildman–Crippen LogP) is 4.42. The first-order valence-electron chi connectivity index (χ1n) is 6.82. The molecule has 1 fully saturated rings. The predicted molar refractivity (Wildman–Crippen MR) is 78.9 cm³/mol. The fourth-order valence-corrected chi connectivity index (χ4v) is 3.89. The third kappa shape index (κ3) is 3.89. The molecule has 0 saturated heterocycles. The van der Waals surface area contributed by atoms with Crippen molar-refractivity contribution < 1.29 is 5.11 Å². The van der Waals surface area contributed by atoms with E-state index in [4.69, 9.17) is 0 Å². The van der Waals surface area contributed by atoms with Gasteiger partial charge in [0, 0.05) is 9.64 Å². The van der Waals surface area contributed by atoms with Gasteiger partial charge in [-0.15, -0.1) is 11.8 Å². The van der Waals surface area contributed by atoms with E-state index in [1.54, 1.807) is 0 Å². The van der Waals surface area contributed by atoms with Crippen LogP contribution in [-0.4, -0.2) is 16.0 Å². The van der Waals surface area contributed by atoms with Gasteiger partial charge in [-0.1, -0.05) is 49.6 Å². The van der Waals surface area contributed by atoms with E-state index >= 15 is 0 Å². The molecule has 0 unspecified atom stereocenters. The molecule has 1 aromatic carbocycles. The molecule has 0 aliphatic heterocycles. The number of benzene rings is 1. The number of hydrogen-bond acceptors (Lipinski definition) is 2. The Labute approximate surface area is 114 Å². The Balaban J connectivity index is 2.14. The van der Waals surface area contributed by atoms with Crippen LogP contribution in [0.15, 0.2) is 47.4 Å². The van der Waals surface area contributed by atoms with Crippen molar-refractivity contribution in [1.29, 1.82) is 0 Å². The van der Waals surface area contributed by atoms with E-state index in [0.29, 0.717) is 0 Å². The van der Waals surface area contributed by atoms with Crippen molar-refractivity contribution >= 4 is 11.8 Å². The van der Waals surface area contributed by atoms with Gasteiger partial charge in [-0.2, -0.15) is 0 Å². The van der Waals surface area contributed by atoms with Crippen LogP contribution < -0.4 is 0 Å². The molecule has 1 N–H and O–H groups in total. The van der Waals surface area contributed by atoms with E-state index in [9.17, 15) is 5.11 Å². The molecular weight excluding hydrogens is 240 g/mol. The molecule has 98 valence electrons. The molecule has 1 atom stereocenters. The van der Waals surface area contributed by atoms with Crippen LogP contribution in [0.1, 0.15) is 39.0 Å². The summed E-state index contributed by atoms with van der Waals surface area (Å²) in [6, 6.07) is 10.6. The van der Waals surface area contributed by atoms with Crippen molar-refractivity contribution in [3.05, 3.63) is 42.5 Å². The Bertz CT molecular complexity index is 377. The number of aliphatic hydroxyl groups is 1. The lowest BCUT2D eigenvalue weighted by Crippen LogP contribution is -2.25. The molecule has 1 saturated carbocycles. The molecule has 1 aliphatic carbocycles. The second-order valence-corrected chi connectivity index (χ2v) is 6.63. The van der Waals surface area contributed by atoms with Gasteiger partial charge in [-0.3, -0.25) is 0 Å². The highest BCUT2D eigenvalue weighted by molar-refractivity contribution is 8.00. The topological polar surface area (TPSA) is 20.2 Å². The van der Waals surface area contributed by atoms with Crippen molar-refractivity contribution in [3.8, 4) is 0 Å². The zero-order valence-corrected chi connectivity index (χ0v) is 11.8. The molecule has 0 bridgehead atoms. The van der Waals surface area contributed by atoms with Crippen molar-refractivity contribution in [2.45, 2.75) is 54.8 Å². The molecule has 2 heteroatoms. The van der Waals surface area contributed by atoms with Crippen LogP contribution in [0.5, 0.6) is 0 Å². The minimum Gasteiger partial charge on any atom is -0.389 e. The monoisotopic (exact) mass is 262 g/mol. The van der Waals surface area contributed by atoms with Gasteiger partial charge < -0.3 is 5.11 Å². The Morgan fingerprint density at radius 1 is 1.17 bits per heavy atom. The molecule has 0 radical (unpaired) electrons. The van der Waals surface area contributed by atoms with Crippen molar-refractivity contribution in [1.82, 2.24) is 0 Å². The second kappa shape index (κ2) is 6.44. The average molecular weight is 262 g/mol. The van der Waals surface area contributed by atoms with Gasteiger partial charge in [0.05, 0.1) is 6.10 Å². The van der Waals surface area contributed by atoms with Gasteiger partial charge in [0.15, 0.2) is 0 Å². The third-order valence-electron chi connectivity index (χ3n) is 3.44. The number of rotatable bonds is 4. The van der Waals surface area contributed by atoms with Crippen molar-refractivity contribution in [3.63, 3.8) is 0 Å². The van der Waals surface area contributed by atoms with E-state index in [2.05, 4.69) is 36.4 Å². The summed E-state index contributed by atoms with van der Waals surface area (Å²) in [5.41, 5.74) is 0. The number of hydrogen-bond donors (Lipinski definition) is 1. The molecular formula is C16H22OS. The van der Waals surface area contributed by atoms with E-state index in [-0.39, 0.29) is 10.9 Å². The highest BCUT2D eigenvalue weighted by Gasteiger charge is 2.30. The summed E-state index contributed by atoms with van der Waals surface area (Å²) in [5.74, 6) is 0. The molecule has 0 spiro atoms. The fourth-order valence-electron chi connectivity index (χ4n) is 2.49. The summed E-state index contributed by atoms with van der Waals surface area (Å²) in [6.07, 6.45) is 10.2. The molecule has 1 aliphatic rings. The maximum Gasteiger partial charge on any atom is 0.0693 e. The van der Waals surface area contributed by atoms with Crippen molar-refractivity contribution in [2.24, 2.45) is 0 Å². The zero-order chi connectivity index (χ0) is 12.8. The van der Waals surface area contributed by atoms with E-state index in [1.807, 2.05) is 24.8 Å². The average Bonchev–Trinajstić information content (AvgIpc) is 2.39. The van der Waals surface area contributed by atoms with Crippen LogP contribution in [0.3, 0.4) is 0 Å². The normalized spacial score (nSPS) is 21.0. The Kier molecular flexibility index (Phi) is 4.90. The highest BCUT2D eigenvalue weighted by Crippen LogP contribution is 2.44. The quantitative estimate of drug-likeness (QED) is 0.811. The minimum atomic E-state index is -0.347. The fraction of sp³-hybridized carbons (Fsp3) is 0.500. The molecule has 1 nitrogen and oxygen atoms in total. The third-order valence-corrected chi connectivity index (χ3v) is 4.90. The maximum atomic E-state index is 9.47. The second-order valence-electron chi connectivity index (χ2n) is 5.14. The summed E-state index contributed by atoms with van der Waals surface area (Å²) in [5, 5.41) is 9.47. The lowest BCUT2D eigenvalue weighted by Gasteiger charge is -2.34. The highest BCUT2D eigenvalue weighted by atomic mass is 32.2. The Morgan fingerprint density at radius 2 is 1.83 bits per heavy atom. The summed E-state index contributed by atoms with van der Waals surface area (Å²) in [6.45, 7) is 1.82. The summed E-state index contributed by atoms with van der Waals surface area (Å²) < 4.78 is 0.191. The Hall–Kier alpha value is -0.730. The largest absolute Gasteiger partial charge is 0.389 e. The molecule has 18 heavy (non-hydrogen) atoms. The van der Waals surface area contributed by atoms with Gasteiger partial charge in [-0.05, 0) is 31.9 Å². The first-order chi connectivity index (χ1) is 8.70. The smallest absolute Gasteiger partial charge is 0.0693 e. The lowest BCUT2D eigenvalue weighted by atomic mass is 9.88. The van der Waals surface area contributed by atoms with Crippen LogP contribution in [-0.2, 0) is 0 Å². The van der Waals surface area contributed by atoms with Crippen LogP contribution in [0, 0.1) is 0 Å². The van der Waals surface area contributed by atoms with Crippen molar-refractivity contribution in [2.75, 3.05) is 0 Å². The first kappa shape index (κ1) is 13.7. The van der Waals surface area contributed by atoms with Crippen LogP contribution in [0.2, 0.25) is 0 Å². The molecule has 0 amide bonds. The number of aliphatic hydroxyl groups excluding tert-OH is 1.